The molecule has 6 nitrogen and oxygen atoms in total. The lowest BCUT2D eigenvalue weighted by atomic mass is 10.0. The number of rotatable bonds is 55. The number of ether oxygens (including phenoxy) is 3. The van der Waals surface area contributed by atoms with Gasteiger partial charge >= 0.3 is 17.9 Å². The zero-order valence-electron chi connectivity index (χ0n) is 47.0. The molecule has 0 saturated heterocycles. The first-order valence-corrected chi connectivity index (χ1v) is 30.4. The van der Waals surface area contributed by atoms with Crippen LogP contribution in [-0.4, -0.2) is 37.2 Å². The SMILES string of the molecule is CCC/C=C\C/C=C\CCCCCCCC(=O)OCC(COC(=O)CCCCCCCCCCCCCCCCC/C=C\C/C=C\CCCCCCC)OC(=O)CCCCCCC/C=C\C/C=C\CCC. The van der Waals surface area contributed by atoms with E-state index in [2.05, 4.69) is 93.7 Å². The first-order valence-electron chi connectivity index (χ1n) is 30.4. The summed E-state index contributed by atoms with van der Waals surface area (Å²) in [6.45, 7) is 6.50. The van der Waals surface area contributed by atoms with E-state index in [4.69, 9.17) is 14.2 Å². The fraction of sp³-hybridized carbons (Fsp3) is 0.769. The molecule has 0 aromatic carbocycles. The lowest BCUT2D eigenvalue weighted by molar-refractivity contribution is -0.167. The van der Waals surface area contributed by atoms with Crippen molar-refractivity contribution in [3.63, 3.8) is 0 Å². The minimum Gasteiger partial charge on any atom is -0.462 e. The lowest BCUT2D eigenvalue weighted by Crippen LogP contribution is -2.30. The second-order valence-corrected chi connectivity index (χ2v) is 20.2. The van der Waals surface area contributed by atoms with Crippen molar-refractivity contribution in [3.05, 3.63) is 72.9 Å². The Balaban J connectivity index is 4.21. The van der Waals surface area contributed by atoms with Gasteiger partial charge in [0.1, 0.15) is 13.2 Å². The number of unbranched alkanes of at least 4 members (excludes halogenated alkanes) is 32. The molecule has 1 unspecified atom stereocenters. The van der Waals surface area contributed by atoms with Gasteiger partial charge in [0.15, 0.2) is 6.10 Å². The molecule has 0 heterocycles. The summed E-state index contributed by atoms with van der Waals surface area (Å²) in [6, 6.07) is 0. The fourth-order valence-electron chi connectivity index (χ4n) is 8.55. The number of hydrogen-bond acceptors (Lipinski definition) is 6. The number of carbonyl (C=O) groups is 3. The Kier molecular flexibility index (Phi) is 56.8. The van der Waals surface area contributed by atoms with Crippen LogP contribution in [0.3, 0.4) is 0 Å². The van der Waals surface area contributed by atoms with E-state index in [-0.39, 0.29) is 31.1 Å². The smallest absolute Gasteiger partial charge is 0.306 e. The second kappa shape index (κ2) is 59.4. The minimum absolute atomic E-state index is 0.0844. The third kappa shape index (κ3) is 57.6. The average molecular weight is 992 g/mol. The molecule has 0 radical (unpaired) electrons. The Bertz CT molecular complexity index is 1320. The van der Waals surface area contributed by atoms with Crippen LogP contribution in [0.2, 0.25) is 0 Å². The largest absolute Gasteiger partial charge is 0.462 e. The number of allylic oxidation sites excluding steroid dienone is 12. The number of esters is 3. The van der Waals surface area contributed by atoms with Crippen molar-refractivity contribution >= 4 is 17.9 Å². The molecule has 0 aliphatic heterocycles. The summed E-state index contributed by atoms with van der Waals surface area (Å²) in [5, 5.41) is 0. The van der Waals surface area contributed by atoms with Crippen LogP contribution >= 0.6 is 0 Å². The number of hydrogen-bond donors (Lipinski definition) is 0. The highest BCUT2D eigenvalue weighted by Crippen LogP contribution is 2.16. The van der Waals surface area contributed by atoms with Gasteiger partial charge in [-0.3, -0.25) is 14.4 Å². The summed E-state index contributed by atoms with van der Waals surface area (Å²) in [6.07, 6.45) is 76.3. The highest BCUT2D eigenvalue weighted by Gasteiger charge is 2.19. The van der Waals surface area contributed by atoms with Crippen LogP contribution < -0.4 is 0 Å². The second-order valence-electron chi connectivity index (χ2n) is 20.2. The van der Waals surface area contributed by atoms with Gasteiger partial charge in [0.2, 0.25) is 0 Å². The zero-order chi connectivity index (χ0) is 51.4. The van der Waals surface area contributed by atoms with E-state index >= 15 is 0 Å². The molecule has 0 rings (SSSR count). The first kappa shape index (κ1) is 67.8. The molecular weight excluding hydrogens is 877 g/mol. The normalized spacial score (nSPS) is 12.5. The summed E-state index contributed by atoms with van der Waals surface area (Å²) in [5.41, 5.74) is 0. The van der Waals surface area contributed by atoms with Gasteiger partial charge in [0.25, 0.3) is 0 Å². The van der Waals surface area contributed by atoms with Gasteiger partial charge in [0, 0.05) is 19.3 Å². The van der Waals surface area contributed by atoms with Crippen LogP contribution in [0, 0.1) is 0 Å². The highest BCUT2D eigenvalue weighted by molar-refractivity contribution is 5.71. The van der Waals surface area contributed by atoms with Crippen LogP contribution in [0.4, 0.5) is 0 Å². The summed E-state index contributed by atoms with van der Waals surface area (Å²) in [5.74, 6) is -0.905. The van der Waals surface area contributed by atoms with E-state index in [1.165, 1.54) is 135 Å². The standard InChI is InChI=1S/C65H114O6/c1-4-7-10-13-16-19-22-25-26-27-28-29-30-31-32-33-34-35-36-37-38-41-43-46-49-52-55-58-64(67)70-61-62(71-65(68)59-56-53-50-47-44-40-24-21-18-15-12-9-6-3)60-69-63(66)57-54-51-48-45-42-39-23-20-17-14-11-8-5-2/h11-12,14-15,20-25,27-28,62H,4-10,13,16-19,26,29-61H2,1-3H3/b14-11-,15-12-,23-20-,24-21-,25-22-,28-27-. The first-order chi connectivity index (χ1) is 35.0. The van der Waals surface area contributed by atoms with Gasteiger partial charge < -0.3 is 14.2 Å². The topological polar surface area (TPSA) is 78.9 Å². The van der Waals surface area contributed by atoms with Gasteiger partial charge in [-0.25, -0.2) is 0 Å². The van der Waals surface area contributed by atoms with Crippen molar-refractivity contribution in [1.29, 1.82) is 0 Å². The maximum absolute atomic E-state index is 12.8. The van der Waals surface area contributed by atoms with Crippen LogP contribution in [0.15, 0.2) is 72.9 Å². The molecule has 0 aliphatic rings. The molecule has 6 heteroatoms. The predicted octanol–water partition coefficient (Wildman–Crippen LogP) is 20.5. The van der Waals surface area contributed by atoms with Gasteiger partial charge in [-0.05, 0) is 103 Å². The Labute approximate surface area is 440 Å². The fourth-order valence-corrected chi connectivity index (χ4v) is 8.55. The summed E-state index contributed by atoms with van der Waals surface area (Å²) in [7, 11) is 0. The van der Waals surface area contributed by atoms with Crippen molar-refractivity contribution in [2.24, 2.45) is 0 Å². The van der Waals surface area contributed by atoms with Crippen LogP contribution in [0.5, 0.6) is 0 Å². The maximum Gasteiger partial charge on any atom is 0.306 e. The van der Waals surface area contributed by atoms with E-state index in [0.717, 1.165) is 128 Å². The van der Waals surface area contributed by atoms with Crippen molar-refractivity contribution in [1.82, 2.24) is 0 Å². The molecule has 0 aromatic rings. The molecular formula is C65H114O6. The van der Waals surface area contributed by atoms with Crippen LogP contribution in [0.1, 0.15) is 303 Å². The molecule has 0 bridgehead atoms. The third-order valence-corrected chi connectivity index (χ3v) is 13.1. The van der Waals surface area contributed by atoms with Crippen molar-refractivity contribution in [2.75, 3.05) is 13.2 Å². The summed E-state index contributed by atoms with van der Waals surface area (Å²) < 4.78 is 16.8. The van der Waals surface area contributed by atoms with Crippen molar-refractivity contribution in [3.8, 4) is 0 Å². The molecule has 0 spiro atoms. The van der Waals surface area contributed by atoms with E-state index < -0.39 is 6.10 Å². The number of carbonyl (C=O) groups excluding carboxylic acids is 3. The van der Waals surface area contributed by atoms with E-state index in [1.54, 1.807) is 0 Å². The predicted molar refractivity (Wildman–Crippen MR) is 307 cm³/mol. The Morgan fingerprint density at radius 3 is 0.831 bits per heavy atom. The van der Waals surface area contributed by atoms with Gasteiger partial charge in [0.05, 0.1) is 0 Å². The molecule has 410 valence electrons. The molecule has 0 saturated carbocycles. The summed E-state index contributed by atoms with van der Waals surface area (Å²) in [4.78, 5) is 38.1. The van der Waals surface area contributed by atoms with Gasteiger partial charge in [-0.15, -0.1) is 0 Å². The molecule has 0 aromatic heterocycles. The quantitative estimate of drug-likeness (QED) is 0.0261. The summed E-state index contributed by atoms with van der Waals surface area (Å²) >= 11 is 0. The van der Waals surface area contributed by atoms with E-state index in [0.29, 0.717) is 19.3 Å². The Hall–Kier alpha value is -3.15. The van der Waals surface area contributed by atoms with Crippen molar-refractivity contribution < 1.29 is 28.6 Å². The Morgan fingerprint density at radius 1 is 0.282 bits per heavy atom. The molecule has 0 amide bonds. The molecule has 0 aliphatic carbocycles. The lowest BCUT2D eigenvalue weighted by Gasteiger charge is -2.18. The average Bonchev–Trinajstić information content (AvgIpc) is 3.37. The van der Waals surface area contributed by atoms with E-state index in [1.807, 2.05) is 0 Å². The minimum atomic E-state index is -0.788. The molecule has 0 N–H and O–H groups in total. The molecule has 1 atom stereocenters. The van der Waals surface area contributed by atoms with E-state index in [9.17, 15) is 14.4 Å². The van der Waals surface area contributed by atoms with Crippen LogP contribution in [-0.2, 0) is 28.6 Å². The maximum atomic E-state index is 12.8. The monoisotopic (exact) mass is 991 g/mol. The highest BCUT2D eigenvalue weighted by atomic mass is 16.6. The molecule has 71 heavy (non-hydrogen) atoms. The van der Waals surface area contributed by atoms with Crippen molar-refractivity contribution in [2.45, 2.75) is 309 Å². The Morgan fingerprint density at radius 2 is 0.535 bits per heavy atom. The zero-order valence-corrected chi connectivity index (χ0v) is 47.0. The molecule has 0 fully saturated rings. The third-order valence-electron chi connectivity index (χ3n) is 13.1. The van der Waals surface area contributed by atoms with Gasteiger partial charge in [-0.1, -0.05) is 254 Å². The van der Waals surface area contributed by atoms with Crippen LogP contribution in [0.25, 0.3) is 0 Å². The van der Waals surface area contributed by atoms with Gasteiger partial charge in [-0.2, -0.15) is 0 Å².